The van der Waals surface area contributed by atoms with Crippen molar-refractivity contribution in [2.75, 3.05) is 38.7 Å². The van der Waals surface area contributed by atoms with Crippen LogP contribution >= 0.6 is 11.8 Å². The van der Waals surface area contributed by atoms with E-state index in [1.54, 1.807) is 0 Å². The molecule has 1 spiro atoms. The summed E-state index contributed by atoms with van der Waals surface area (Å²) < 4.78 is 14.2. The van der Waals surface area contributed by atoms with Crippen LogP contribution in [0.1, 0.15) is 44.7 Å². The highest BCUT2D eigenvalue weighted by Crippen LogP contribution is 2.46. The van der Waals surface area contributed by atoms with E-state index in [4.69, 9.17) is 9.47 Å². The maximum Gasteiger partial charge on any atom is 0.0680 e. The van der Waals surface area contributed by atoms with Crippen molar-refractivity contribution >= 4 is 11.8 Å². The van der Waals surface area contributed by atoms with Crippen molar-refractivity contribution < 1.29 is 9.47 Å². The first-order valence-electron chi connectivity index (χ1n) is 9.71. The molecule has 3 fully saturated rings. The largest absolute Gasteiger partial charge is 0.381 e. The second kappa shape index (κ2) is 7.59. The quantitative estimate of drug-likeness (QED) is 0.775. The Hall–Kier alpha value is -0.560. The second-order valence-corrected chi connectivity index (χ2v) is 9.76. The molecular formula is C19H31N3O2S. The number of thioether (sulfide) groups is 1. The normalized spacial score (nSPS) is 27.2. The van der Waals surface area contributed by atoms with Gasteiger partial charge in [-0.05, 0) is 39.0 Å². The Morgan fingerprint density at radius 2 is 2.16 bits per heavy atom. The molecule has 0 amide bonds. The molecule has 0 radical (unpaired) electrons. The molecule has 0 bridgehead atoms. The van der Waals surface area contributed by atoms with E-state index < -0.39 is 0 Å². The van der Waals surface area contributed by atoms with Crippen molar-refractivity contribution in [1.82, 2.24) is 14.7 Å². The van der Waals surface area contributed by atoms with Crippen molar-refractivity contribution in [3.63, 3.8) is 0 Å². The van der Waals surface area contributed by atoms with E-state index in [2.05, 4.69) is 46.5 Å². The summed E-state index contributed by atoms with van der Waals surface area (Å²) in [6.07, 6.45) is 8.23. The summed E-state index contributed by atoms with van der Waals surface area (Å²) in [4.78, 5) is 2.55. The van der Waals surface area contributed by atoms with Gasteiger partial charge in [0, 0.05) is 67.8 Å². The van der Waals surface area contributed by atoms with Crippen molar-refractivity contribution in [3.05, 3.63) is 18.0 Å². The highest BCUT2D eigenvalue weighted by Gasteiger charge is 2.49. The van der Waals surface area contributed by atoms with Crippen molar-refractivity contribution in [2.24, 2.45) is 5.92 Å². The molecule has 0 N–H and O–H groups in total. The second-order valence-electron chi connectivity index (χ2n) is 8.28. The highest BCUT2D eigenvalue weighted by molar-refractivity contribution is 8.01. The van der Waals surface area contributed by atoms with E-state index in [9.17, 15) is 0 Å². The third-order valence-electron chi connectivity index (χ3n) is 5.70. The van der Waals surface area contributed by atoms with Gasteiger partial charge < -0.3 is 9.47 Å². The Bertz CT molecular complexity index is 565. The monoisotopic (exact) mass is 365 g/mol. The molecule has 1 aromatic heterocycles. The predicted octanol–water partition coefficient (Wildman–Crippen LogP) is 2.97. The number of rotatable bonds is 6. The first-order chi connectivity index (χ1) is 12.1. The standard InChI is InChI=1S/C19H31N3O2S/c1-15(2)22-10-17(8-20-22)9-21-13-19(14-21)7-18(12-25-19)24-11-16-3-5-23-6-4-16/h8,10,15-16,18H,3-7,9,11-14H2,1-2H3/t18-/m0/s1. The van der Waals surface area contributed by atoms with Crippen LogP contribution in [0.25, 0.3) is 0 Å². The molecule has 6 heteroatoms. The fourth-order valence-electron chi connectivity index (χ4n) is 4.20. The zero-order chi connectivity index (χ0) is 17.3. The van der Waals surface area contributed by atoms with Gasteiger partial charge in [-0.3, -0.25) is 9.58 Å². The lowest BCUT2D eigenvalue weighted by atomic mass is 9.92. The SMILES string of the molecule is CC(C)n1cc(CN2CC3(C[C@H](OCC4CCOCC4)CS3)C2)cn1. The molecule has 3 aliphatic rings. The van der Waals surface area contributed by atoms with Crippen LogP contribution in [-0.2, 0) is 16.0 Å². The van der Waals surface area contributed by atoms with E-state index >= 15 is 0 Å². The summed E-state index contributed by atoms with van der Waals surface area (Å²) in [6.45, 7) is 10.5. The molecule has 5 nitrogen and oxygen atoms in total. The molecule has 3 aliphatic heterocycles. The maximum atomic E-state index is 6.25. The first-order valence-corrected chi connectivity index (χ1v) is 10.7. The number of likely N-dealkylation sites (tertiary alicyclic amines) is 1. The van der Waals surface area contributed by atoms with Crippen LogP contribution in [0.3, 0.4) is 0 Å². The Morgan fingerprint density at radius 3 is 2.88 bits per heavy atom. The molecule has 4 heterocycles. The lowest BCUT2D eigenvalue weighted by Crippen LogP contribution is -2.58. The minimum absolute atomic E-state index is 0.440. The first kappa shape index (κ1) is 17.8. The summed E-state index contributed by atoms with van der Waals surface area (Å²) in [6, 6.07) is 0.440. The minimum Gasteiger partial charge on any atom is -0.381 e. The zero-order valence-corrected chi connectivity index (χ0v) is 16.3. The van der Waals surface area contributed by atoms with E-state index in [0.29, 0.717) is 22.8 Å². The third kappa shape index (κ3) is 4.24. The summed E-state index contributed by atoms with van der Waals surface area (Å²) in [5.74, 6) is 1.88. The molecule has 1 aromatic rings. The number of nitrogens with zero attached hydrogens (tertiary/aromatic N) is 3. The van der Waals surface area contributed by atoms with Crippen LogP contribution in [0.5, 0.6) is 0 Å². The topological polar surface area (TPSA) is 39.5 Å². The van der Waals surface area contributed by atoms with Crippen molar-refractivity contribution in [2.45, 2.75) is 56.5 Å². The molecule has 0 saturated carbocycles. The Labute approximate surface area is 155 Å². The van der Waals surface area contributed by atoms with Gasteiger partial charge in [-0.25, -0.2) is 0 Å². The zero-order valence-electron chi connectivity index (χ0n) is 15.5. The van der Waals surface area contributed by atoms with Crippen molar-refractivity contribution in [3.8, 4) is 0 Å². The van der Waals surface area contributed by atoms with Crippen LogP contribution < -0.4 is 0 Å². The molecule has 3 saturated heterocycles. The van der Waals surface area contributed by atoms with Gasteiger partial charge >= 0.3 is 0 Å². The molecule has 4 rings (SSSR count). The average Bonchev–Trinajstić information content (AvgIpc) is 3.21. The predicted molar refractivity (Wildman–Crippen MR) is 101 cm³/mol. The maximum absolute atomic E-state index is 6.25. The molecule has 140 valence electrons. The van der Waals surface area contributed by atoms with E-state index in [1.165, 1.54) is 43.7 Å². The molecule has 25 heavy (non-hydrogen) atoms. The van der Waals surface area contributed by atoms with Gasteiger partial charge in [0.15, 0.2) is 0 Å². The van der Waals surface area contributed by atoms with Gasteiger partial charge in [-0.1, -0.05) is 0 Å². The number of ether oxygens (including phenoxy) is 2. The van der Waals surface area contributed by atoms with Crippen LogP contribution in [0.2, 0.25) is 0 Å². The van der Waals surface area contributed by atoms with Gasteiger partial charge in [-0.2, -0.15) is 5.10 Å². The molecule has 0 aliphatic carbocycles. The number of hydrogen-bond acceptors (Lipinski definition) is 5. The lowest BCUT2D eigenvalue weighted by molar-refractivity contribution is -0.0133. The van der Waals surface area contributed by atoms with E-state index in [0.717, 1.165) is 26.4 Å². The minimum atomic E-state index is 0.440. The molecule has 0 aromatic carbocycles. The Kier molecular flexibility index (Phi) is 5.41. The van der Waals surface area contributed by atoms with Gasteiger partial charge in [0.25, 0.3) is 0 Å². The number of aromatic nitrogens is 2. The van der Waals surface area contributed by atoms with Gasteiger partial charge in [-0.15, -0.1) is 11.8 Å². The van der Waals surface area contributed by atoms with Crippen LogP contribution in [0.15, 0.2) is 12.4 Å². The van der Waals surface area contributed by atoms with E-state index in [-0.39, 0.29) is 0 Å². The van der Waals surface area contributed by atoms with Crippen molar-refractivity contribution in [1.29, 1.82) is 0 Å². The van der Waals surface area contributed by atoms with Crippen LogP contribution in [0.4, 0.5) is 0 Å². The van der Waals surface area contributed by atoms with Crippen LogP contribution in [-0.4, -0.2) is 64.2 Å². The Morgan fingerprint density at radius 1 is 1.36 bits per heavy atom. The van der Waals surface area contributed by atoms with Crippen LogP contribution in [0, 0.1) is 5.92 Å². The van der Waals surface area contributed by atoms with Gasteiger partial charge in [0.05, 0.1) is 12.3 Å². The number of hydrogen-bond donors (Lipinski definition) is 0. The fraction of sp³-hybridized carbons (Fsp3) is 0.842. The van der Waals surface area contributed by atoms with E-state index in [1.807, 2.05) is 6.20 Å². The Balaban J connectivity index is 1.19. The summed E-state index contributed by atoms with van der Waals surface area (Å²) in [5, 5.41) is 4.45. The molecule has 0 unspecified atom stereocenters. The van der Waals surface area contributed by atoms with Gasteiger partial charge in [0.1, 0.15) is 0 Å². The summed E-state index contributed by atoms with van der Waals surface area (Å²) in [5.41, 5.74) is 1.33. The lowest BCUT2D eigenvalue weighted by Gasteiger charge is -2.47. The summed E-state index contributed by atoms with van der Waals surface area (Å²) in [7, 11) is 0. The third-order valence-corrected chi connectivity index (χ3v) is 7.27. The smallest absolute Gasteiger partial charge is 0.0680 e. The average molecular weight is 366 g/mol. The fourth-order valence-corrected chi connectivity index (χ4v) is 5.80. The summed E-state index contributed by atoms with van der Waals surface area (Å²) >= 11 is 2.14. The molecule has 1 atom stereocenters. The van der Waals surface area contributed by atoms with Gasteiger partial charge in [0.2, 0.25) is 0 Å². The highest BCUT2D eigenvalue weighted by atomic mass is 32.2. The molecular weight excluding hydrogens is 334 g/mol.